The van der Waals surface area contributed by atoms with Crippen LogP contribution in [0.5, 0.6) is 0 Å². The molecule has 4 heteroatoms. The Labute approximate surface area is 123 Å². The van der Waals surface area contributed by atoms with E-state index in [1.54, 1.807) is 0 Å². The average Bonchev–Trinajstić information content (AvgIpc) is 2.29. The quantitative estimate of drug-likeness (QED) is 0.579. The number of hydrogen-bond acceptors (Lipinski definition) is 4. The zero-order chi connectivity index (χ0) is 12.4. The summed E-state index contributed by atoms with van der Waals surface area (Å²) in [5, 5.41) is 0. The van der Waals surface area contributed by atoms with E-state index >= 15 is 0 Å². The van der Waals surface area contributed by atoms with Crippen molar-refractivity contribution in [2.45, 2.75) is 26.0 Å². The molecule has 0 aliphatic heterocycles. The van der Waals surface area contributed by atoms with Gasteiger partial charge in [0.05, 0.1) is 0 Å². The lowest BCUT2D eigenvalue weighted by Gasteiger charge is -2.06. The summed E-state index contributed by atoms with van der Waals surface area (Å²) in [5.74, 6) is 0. The molecule has 17 heavy (non-hydrogen) atoms. The van der Waals surface area contributed by atoms with Crippen molar-refractivity contribution in [1.29, 1.82) is 0 Å². The van der Waals surface area contributed by atoms with E-state index in [9.17, 15) is 0 Å². The molecular weight excluding hydrogens is 284 g/mol. The number of hydrogen-bond donors (Lipinski definition) is 4. The molecule has 0 spiro atoms. The Balaban J connectivity index is 2.25. The Bertz CT molecular complexity index is 500. The second-order valence-corrected chi connectivity index (χ2v) is 5.75. The fourth-order valence-electron chi connectivity index (χ4n) is 1.59. The van der Waals surface area contributed by atoms with Crippen LogP contribution in [0.3, 0.4) is 0 Å². The first-order chi connectivity index (χ1) is 8.06. The summed E-state index contributed by atoms with van der Waals surface area (Å²) in [6.45, 7) is 0. The van der Waals surface area contributed by atoms with Crippen LogP contribution in [0.4, 0.5) is 0 Å². The van der Waals surface area contributed by atoms with Gasteiger partial charge in [-0.15, -0.1) is 50.5 Å². The van der Waals surface area contributed by atoms with Gasteiger partial charge in [0, 0.05) is 19.6 Å². The summed E-state index contributed by atoms with van der Waals surface area (Å²) in [7, 11) is 0. The molecule has 2 aromatic rings. The van der Waals surface area contributed by atoms with Crippen LogP contribution in [0.15, 0.2) is 56.0 Å². The molecule has 0 amide bonds. The zero-order valence-electron chi connectivity index (χ0n) is 8.96. The van der Waals surface area contributed by atoms with Gasteiger partial charge in [-0.25, -0.2) is 0 Å². The van der Waals surface area contributed by atoms with E-state index in [-0.39, 0.29) is 0 Å². The summed E-state index contributed by atoms with van der Waals surface area (Å²) in [5.41, 5.74) is 2.43. The smallest absolute Gasteiger partial charge is 0.0177 e. The second-order valence-electron chi connectivity index (χ2n) is 3.82. The van der Waals surface area contributed by atoms with Crippen LogP contribution in [-0.4, -0.2) is 0 Å². The Morgan fingerprint density at radius 3 is 1.35 bits per heavy atom. The van der Waals surface area contributed by atoms with Crippen molar-refractivity contribution in [1.82, 2.24) is 0 Å². The molecule has 2 rings (SSSR count). The average molecular weight is 297 g/mol. The molecule has 2 aromatic carbocycles. The first-order valence-corrected chi connectivity index (χ1v) is 6.87. The van der Waals surface area contributed by atoms with Gasteiger partial charge in [0.15, 0.2) is 0 Å². The Morgan fingerprint density at radius 2 is 1.00 bits per heavy atom. The first kappa shape index (κ1) is 13.3. The molecule has 0 aliphatic carbocycles. The van der Waals surface area contributed by atoms with Crippen LogP contribution in [-0.2, 0) is 6.42 Å². The first-order valence-electron chi connectivity index (χ1n) is 5.08. The number of rotatable bonds is 2. The third kappa shape index (κ3) is 3.41. The van der Waals surface area contributed by atoms with Gasteiger partial charge in [0.2, 0.25) is 0 Å². The van der Waals surface area contributed by atoms with Gasteiger partial charge in [0.25, 0.3) is 0 Å². The maximum absolute atomic E-state index is 4.37. The third-order valence-corrected chi connectivity index (χ3v) is 4.36. The minimum atomic E-state index is 0.864. The molecule has 0 unspecified atom stereocenters. The van der Waals surface area contributed by atoms with Gasteiger partial charge >= 0.3 is 0 Å². The Morgan fingerprint density at radius 1 is 0.588 bits per heavy atom. The summed E-state index contributed by atoms with van der Waals surface area (Å²) in [6.07, 6.45) is 0.864. The summed E-state index contributed by atoms with van der Waals surface area (Å²) in [4.78, 5) is 3.61. The van der Waals surface area contributed by atoms with Gasteiger partial charge in [0.1, 0.15) is 0 Å². The maximum Gasteiger partial charge on any atom is 0.0177 e. The molecular formula is C13H12S4. The zero-order valence-corrected chi connectivity index (χ0v) is 12.5. The Kier molecular flexibility index (Phi) is 4.42. The Hall–Kier alpha value is -0.160. The molecule has 0 aromatic heterocycles. The lowest BCUT2D eigenvalue weighted by atomic mass is 10.1. The highest BCUT2D eigenvalue weighted by Gasteiger charge is 2.01. The second kappa shape index (κ2) is 5.65. The predicted octanol–water partition coefficient (Wildman–Crippen LogP) is 4.43. The van der Waals surface area contributed by atoms with Crippen LogP contribution in [0, 0.1) is 0 Å². The standard InChI is InChI=1S/C13H12S4/c14-10-3-1-8(6-12(10)16)5-9-2-4-11(15)13(17)7-9/h1-4,6-7,14-17H,5H2. The predicted molar refractivity (Wildman–Crippen MR) is 84.7 cm³/mol. The van der Waals surface area contributed by atoms with Crippen molar-refractivity contribution < 1.29 is 0 Å². The highest BCUT2D eigenvalue weighted by Crippen LogP contribution is 2.23. The van der Waals surface area contributed by atoms with Crippen molar-refractivity contribution >= 4 is 50.5 Å². The molecule has 0 aliphatic rings. The third-order valence-electron chi connectivity index (χ3n) is 2.49. The molecule has 0 saturated heterocycles. The normalized spacial score (nSPS) is 10.6. The van der Waals surface area contributed by atoms with E-state index in [2.05, 4.69) is 62.6 Å². The van der Waals surface area contributed by atoms with Crippen molar-refractivity contribution in [3.05, 3.63) is 47.5 Å². The highest BCUT2D eigenvalue weighted by atomic mass is 32.1. The molecule has 0 fully saturated rings. The van der Waals surface area contributed by atoms with E-state index < -0.39 is 0 Å². The largest absolute Gasteiger partial charge is 0.142 e. The van der Waals surface area contributed by atoms with Crippen LogP contribution in [0.25, 0.3) is 0 Å². The van der Waals surface area contributed by atoms with E-state index in [1.807, 2.05) is 24.3 Å². The fraction of sp³-hybridized carbons (Fsp3) is 0.0769. The van der Waals surface area contributed by atoms with E-state index in [0.29, 0.717) is 0 Å². The van der Waals surface area contributed by atoms with Crippen molar-refractivity contribution in [2.75, 3.05) is 0 Å². The van der Waals surface area contributed by atoms with E-state index in [0.717, 1.165) is 26.0 Å². The summed E-state index contributed by atoms with van der Waals surface area (Å²) < 4.78 is 0. The van der Waals surface area contributed by atoms with Crippen LogP contribution >= 0.6 is 50.5 Å². The van der Waals surface area contributed by atoms with Crippen molar-refractivity contribution in [2.24, 2.45) is 0 Å². The molecule has 88 valence electrons. The molecule has 0 heterocycles. The van der Waals surface area contributed by atoms with E-state index in [1.165, 1.54) is 11.1 Å². The minimum absolute atomic E-state index is 0.864. The van der Waals surface area contributed by atoms with Crippen LogP contribution in [0.2, 0.25) is 0 Å². The molecule has 0 nitrogen and oxygen atoms in total. The SMILES string of the molecule is Sc1ccc(Cc2ccc(S)c(S)c2)cc1S. The van der Waals surface area contributed by atoms with Gasteiger partial charge in [-0.05, 0) is 41.8 Å². The number of benzene rings is 2. The molecule has 0 radical (unpaired) electrons. The lowest BCUT2D eigenvalue weighted by molar-refractivity contribution is 1.10. The topological polar surface area (TPSA) is 0 Å². The summed E-state index contributed by atoms with van der Waals surface area (Å²) >= 11 is 17.3. The molecule has 0 atom stereocenters. The molecule has 0 saturated carbocycles. The van der Waals surface area contributed by atoms with Gasteiger partial charge in [-0.1, -0.05) is 12.1 Å². The molecule has 0 N–H and O–H groups in total. The maximum atomic E-state index is 4.37. The van der Waals surface area contributed by atoms with Crippen LogP contribution < -0.4 is 0 Å². The lowest BCUT2D eigenvalue weighted by Crippen LogP contribution is -1.89. The minimum Gasteiger partial charge on any atom is -0.142 e. The van der Waals surface area contributed by atoms with Crippen LogP contribution in [0.1, 0.15) is 11.1 Å². The fourth-order valence-corrected chi connectivity index (χ4v) is 2.35. The van der Waals surface area contributed by atoms with Gasteiger partial charge in [-0.3, -0.25) is 0 Å². The van der Waals surface area contributed by atoms with Gasteiger partial charge in [-0.2, -0.15) is 0 Å². The van der Waals surface area contributed by atoms with Crippen molar-refractivity contribution in [3.63, 3.8) is 0 Å². The van der Waals surface area contributed by atoms with E-state index in [4.69, 9.17) is 0 Å². The van der Waals surface area contributed by atoms with Crippen molar-refractivity contribution in [3.8, 4) is 0 Å². The molecule has 0 bridgehead atoms. The van der Waals surface area contributed by atoms with Gasteiger partial charge < -0.3 is 0 Å². The monoisotopic (exact) mass is 296 g/mol. The number of thiol groups is 4. The highest BCUT2D eigenvalue weighted by molar-refractivity contribution is 7.83. The summed E-state index contributed by atoms with van der Waals surface area (Å²) in [6, 6.07) is 12.1.